The number of thiophene rings is 1. The summed E-state index contributed by atoms with van der Waals surface area (Å²) in [6.45, 7) is 3.70. The summed E-state index contributed by atoms with van der Waals surface area (Å²) in [5, 5.41) is 12.3. The van der Waals surface area contributed by atoms with Gasteiger partial charge in [0.15, 0.2) is 11.5 Å². The standard InChI is InChI=1S/C17H14N2O5S/c1-3-22-17(21)14-9(2)11(7-18)16(25-14)19-15(20)10-4-5-12-13(6-10)24-8-23-12/h4-6H,3,8H2,1-2H3,(H,19,20). The van der Waals surface area contributed by atoms with Crippen LogP contribution in [0.5, 0.6) is 11.5 Å². The number of benzene rings is 1. The number of fused-ring (bicyclic) bond motifs is 1. The van der Waals surface area contributed by atoms with Gasteiger partial charge in [-0.05, 0) is 37.6 Å². The molecule has 1 aliphatic heterocycles. The molecule has 3 rings (SSSR count). The van der Waals surface area contributed by atoms with Gasteiger partial charge in [-0.1, -0.05) is 0 Å². The Morgan fingerprint density at radius 3 is 2.84 bits per heavy atom. The lowest BCUT2D eigenvalue weighted by Crippen LogP contribution is -2.11. The normalized spacial score (nSPS) is 11.7. The Morgan fingerprint density at radius 1 is 1.36 bits per heavy atom. The minimum Gasteiger partial charge on any atom is -0.462 e. The molecule has 0 atom stereocenters. The number of esters is 1. The molecule has 0 saturated carbocycles. The third-order valence-electron chi connectivity index (χ3n) is 3.58. The van der Waals surface area contributed by atoms with Crippen molar-refractivity contribution in [1.82, 2.24) is 0 Å². The summed E-state index contributed by atoms with van der Waals surface area (Å²) in [7, 11) is 0. The maximum absolute atomic E-state index is 12.5. The molecule has 128 valence electrons. The van der Waals surface area contributed by atoms with E-state index in [2.05, 4.69) is 5.32 Å². The number of rotatable bonds is 4. The van der Waals surface area contributed by atoms with Crippen LogP contribution in [-0.2, 0) is 4.74 Å². The second kappa shape index (κ2) is 6.83. The first-order valence-corrected chi connectivity index (χ1v) is 8.28. The van der Waals surface area contributed by atoms with Crippen molar-refractivity contribution >= 4 is 28.2 Å². The number of nitrogens with one attached hydrogen (secondary N) is 1. The van der Waals surface area contributed by atoms with Crippen molar-refractivity contribution in [3.05, 3.63) is 39.8 Å². The fourth-order valence-corrected chi connectivity index (χ4v) is 3.39. The van der Waals surface area contributed by atoms with Crippen molar-refractivity contribution < 1.29 is 23.8 Å². The van der Waals surface area contributed by atoms with E-state index in [0.717, 1.165) is 11.3 Å². The molecule has 2 aromatic rings. The number of carbonyl (C=O) groups is 2. The van der Waals surface area contributed by atoms with E-state index in [4.69, 9.17) is 14.2 Å². The Balaban J connectivity index is 1.87. The van der Waals surface area contributed by atoms with Crippen molar-refractivity contribution in [2.75, 3.05) is 18.7 Å². The van der Waals surface area contributed by atoms with Crippen molar-refractivity contribution in [2.24, 2.45) is 0 Å². The van der Waals surface area contributed by atoms with Gasteiger partial charge in [0, 0.05) is 5.56 Å². The maximum atomic E-state index is 12.5. The largest absolute Gasteiger partial charge is 0.462 e. The summed E-state index contributed by atoms with van der Waals surface area (Å²) in [6.07, 6.45) is 0. The Hall–Kier alpha value is -3.05. The summed E-state index contributed by atoms with van der Waals surface area (Å²) >= 11 is 1.02. The van der Waals surface area contributed by atoms with Gasteiger partial charge in [0.25, 0.3) is 5.91 Å². The van der Waals surface area contributed by atoms with Crippen LogP contribution < -0.4 is 14.8 Å². The molecule has 1 aromatic heterocycles. The molecule has 0 saturated heterocycles. The fraction of sp³-hybridized carbons (Fsp3) is 0.235. The summed E-state index contributed by atoms with van der Waals surface area (Å²) < 4.78 is 15.4. The first-order valence-electron chi connectivity index (χ1n) is 7.46. The zero-order valence-corrected chi connectivity index (χ0v) is 14.4. The Bertz CT molecular complexity index is 897. The van der Waals surface area contributed by atoms with Gasteiger partial charge in [-0.25, -0.2) is 4.79 Å². The topological polar surface area (TPSA) is 97.7 Å². The average molecular weight is 358 g/mol. The van der Waals surface area contributed by atoms with E-state index in [0.29, 0.717) is 32.5 Å². The molecule has 1 aromatic carbocycles. The average Bonchev–Trinajstić information content (AvgIpc) is 3.18. The molecular weight excluding hydrogens is 344 g/mol. The van der Waals surface area contributed by atoms with Crippen LogP contribution in [0.1, 0.15) is 38.1 Å². The van der Waals surface area contributed by atoms with Crippen LogP contribution in [0.4, 0.5) is 5.00 Å². The molecule has 8 heteroatoms. The van der Waals surface area contributed by atoms with Crippen molar-refractivity contribution in [3.8, 4) is 17.6 Å². The molecule has 1 aliphatic rings. The summed E-state index contributed by atoms with van der Waals surface area (Å²) in [5.74, 6) is 0.144. The lowest BCUT2D eigenvalue weighted by Gasteiger charge is -2.04. The number of nitriles is 1. The van der Waals surface area contributed by atoms with Crippen molar-refractivity contribution in [1.29, 1.82) is 5.26 Å². The van der Waals surface area contributed by atoms with Gasteiger partial charge in [-0.2, -0.15) is 5.26 Å². The second-order valence-electron chi connectivity index (χ2n) is 5.11. The van der Waals surface area contributed by atoms with E-state index in [1.54, 1.807) is 32.0 Å². The van der Waals surface area contributed by atoms with Crippen LogP contribution in [0.2, 0.25) is 0 Å². The number of ether oxygens (including phenoxy) is 3. The highest BCUT2D eigenvalue weighted by atomic mass is 32.1. The number of hydrogen-bond acceptors (Lipinski definition) is 7. The Morgan fingerprint density at radius 2 is 2.12 bits per heavy atom. The van der Waals surface area contributed by atoms with Gasteiger partial charge in [0.2, 0.25) is 6.79 Å². The molecule has 0 fully saturated rings. The summed E-state index contributed by atoms with van der Waals surface area (Å²) in [4.78, 5) is 24.7. The fourth-order valence-electron chi connectivity index (χ4n) is 2.34. The predicted molar refractivity (Wildman–Crippen MR) is 90.2 cm³/mol. The van der Waals surface area contributed by atoms with Crippen LogP contribution in [0, 0.1) is 18.3 Å². The first kappa shape index (κ1) is 16.8. The second-order valence-corrected chi connectivity index (χ2v) is 6.14. The third-order valence-corrected chi connectivity index (χ3v) is 4.77. The Kier molecular flexibility index (Phi) is 4.59. The van der Waals surface area contributed by atoms with Gasteiger partial charge in [-0.3, -0.25) is 4.79 Å². The van der Waals surface area contributed by atoms with E-state index < -0.39 is 11.9 Å². The molecular formula is C17H14N2O5S. The predicted octanol–water partition coefficient (Wildman–Crippen LogP) is 3.09. The third kappa shape index (κ3) is 3.14. The molecule has 2 heterocycles. The molecule has 1 N–H and O–H groups in total. The zero-order valence-electron chi connectivity index (χ0n) is 13.5. The van der Waals surface area contributed by atoms with Gasteiger partial charge in [0.05, 0.1) is 12.2 Å². The highest BCUT2D eigenvalue weighted by Crippen LogP contribution is 2.35. The lowest BCUT2D eigenvalue weighted by molar-refractivity contribution is 0.0531. The van der Waals surface area contributed by atoms with Crippen LogP contribution in [0.25, 0.3) is 0 Å². The zero-order chi connectivity index (χ0) is 18.0. The maximum Gasteiger partial charge on any atom is 0.348 e. The molecule has 0 unspecified atom stereocenters. The molecule has 25 heavy (non-hydrogen) atoms. The SMILES string of the molecule is CCOC(=O)c1sc(NC(=O)c2ccc3c(c2)OCO3)c(C#N)c1C. The molecule has 0 aliphatic carbocycles. The monoisotopic (exact) mass is 358 g/mol. The highest BCUT2D eigenvalue weighted by molar-refractivity contribution is 7.18. The van der Waals surface area contributed by atoms with Crippen LogP contribution >= 0.6 is 11.3 Å². The number of hydrogen-bond donors (Lipinski definition) is 1. The van der Waals surface area contributed by atoms with Crippen LogP contribution in [0.3, 0.4) is 0 Å². The molecule has 0 spiro atoms. The van der Waals surface area contributed by atoms with Crippen LogP contribution in [0.15, 0.2) is 18.2 Å². The van der Waals surface area contributed by atoms with E-state index in [-0.39, 0.29) is 19.0 Å². The molecule has 0 bridgehead atoms. The van der Waals surface area contributed by atoms with Crippen molar-refractivity contribution in [3.63, 3.8) is 0 Å². The van der Waals surface area contributed by atoms with E-state index in [9.17, 15) is 14.9 Å². The number of amides is 1. The van der Waals surface area contributed by atoms with Crippen LogP contribution in [-0.4, -0.2) is 25.3 Å². The highest BCUT2D eigenvalue weighted by Gasteiger charge is 2.23. The minimum absolute atomic E-state index is 0.117. The van der Waals surface area contributed by atoms with E-state index in [1.165, 1.54) is 0 Å². The van der Waals surface area contributed by atoms with Gasteiger partial charge >= 0.3 is 5.97 Å². The summed E-state index contributed by atoms with van der Waals surface area (Å²) in [6, 6.07) is 6.83. The van der Waals surface area contributed by atoms with Gasteiger partial charge < -0.3 is 19.5 Å². The quantitative estimate of drug-likeness (QED) is 0.844. The Labute approximate surface area is 147 Å². The first-order chi connectivity index (χ1) is 12.0. The smallest absolute Gasteiger partial charge is 0.348 e. The van der Waals surface area contributed by atoms with Gasteiger partial charge in [0.1, 0.15) is 15.9 Å². The minimum atomic E-state index is -0.509. The molecule has 7 nitrogen and oxygen atoms in total. The van der Waals surface area contributed by atoms with Gasteiger partial charge in [-0.15, -0.1) is 11.3 Å². The number of nitrogens with zero attached hydrogens (tertiary/aromatic N) is 1. The van der Waals surface area contributed by atoms with E-state index in [1.807, 2.05) is 6.07 Å². The summed E-state index contributed by atoms with van der Waals surface area (Å²) in [5.41, 5.74) is 1.10. The number of carbonyl (C=O) groups excluding carboxylic acids is 2. The van der Waals surface area contributed by atoms with E-state index >= 15 is 0 Å². The van der Waals surface area contributed by atoms with Crippen molar-refractivity contribution in [2.45, 2.75) is 13.8 Å². The lowest BCUT2D eigenvalue weighted by atomic mass is 10.1. The molecule has 0 radical (unpaired) electrons. The molecule has 1 amide bonds. The number of anilines is 1.